The molecular weight excluding hydrogens is 408 g/mol. The highest BCUT2D eigenvalue weighted by Crippen LogP contribution is 2.45. The van der Waals surface area contributed by atoms with E-state index < -0.39 is 11.0 Å². The van der Waals surface area contributed by atoms with Crippen LogP contribution in [0.3, 0.4) is 0 Å². The summed E-state index contributed by atoms with van der Waals surface area (Å²) in [5.74, 6) is 0.466. The second-order valence-electron chi connectivity index (χ2n) is 7.35. The Bertz CT molecular complexity index is 1320. The molecule has 0 saturated heterocycles. The highest BCUT2D eigenvalue weighted by Gasteiger charge is 2.43. The number of methoxy groups -OCH3 is 1. The Morgan fingerprint density at radius 3 is 2.47 bits per heavy atom. The number of H-pyrrole nitrogens is 1. The van der Waals surface area contributed by atoms with Gasteiger partial charge in [-0.25, -0.2) is 0 Å². The van der Waals surface area contributed by atoms with E-state index in [0.717, 1.165) is 5.56 Å². The average molecular weight is 426 g/mol. The molecule has 0 radical (unpaired) electrons. The van der Waals surface area contributed by atoms with E-state index in [1.165, 1.54) is 12.1 Å². The quantitative estimate of drug-likeness (QED) is 0.367. The molecule has 1 aliphatic heterocycles. The lowest BCUT2D eigenvalue weighted by Gasteiger charge is -2.26. The molecule has 4 aromatic rings. The first kappa shape index (κ1) is 19.5. The number of nitrogens with zero attached hydrogens (tertiary/aromatic N) is 3. The molecule has 8 heteroatoms. The Labute approximate surface area is 183 Å². The fraction of sp³-hybridized carbons (Fsp3) is 0.0833. The Balaban J connectivity index is 1.71. The normalized spacial score (nSPS) is 15.0. The number of hydrogen-bond acceptors (Lipinski definition) is 5. The van der Waals surface area contributed by atoms with E-state index in [1.807, 2.05) is 54.6 Å². The minimum Gasteiger partial charge on any atom is -0.497 e. The Kier molecular flexibility index (Phi) is 4.67. The third kappa shape index (κ3) is 3.09. The minimum atomic E-state index is -0.573. The van der Waals surface area contributed by atoms with Crippen LogP contribution in [0.25, 0.3) is 11.3 Å². The molecule has 0 spiro atoms. The molecule has 8 nitrogen and oxygen atoms in total. The van der Waals surface area contributed by atoms with Crippen molar-refractivity contribution >= 4 is 17.3 Å². The predicted molar refractivity (Wildman–Crippen MR) is 119 cm³/mol. The van der Waals surface area contributed by atoms with Crippen LogP contribution in [-0.4, -0.2) is 28.1 Å². The van der Waals surface area contributed by atoms with Crippen molar-refractivity contribution in [1.29, 1.82) is 0 Å². The number of aromatic amines is 1. The summed E-state index contributed by atoms with van der Waals surface area (Å²) in [6, 6.07) is 22.4. The largest absolute Gasteiger partial charge is 0.497 e. The number of para-hydroxylation sites is 1. The van der Waals surface area contributed by atoms with E-state index in [1.54, 1.807) is 24.1 Å². The molecule has 3 aromatic carbocycles. The van der Waals surface area contributed by atoms with Crippen molar-refractivity contribution in [3.05, 3.63) is 106 Å². The van der Waals surface area contributed by atoms with E-state index in [-0.39, 0.29) is 11.6 Å². The van der Waals surface area contributed by atoms with E-state index in [4.69, 9.17) is 4.74 Å². The minimum absolute atomic E-state index is 0.0362. The summed E-state index contributed by atoms with van der Waals surface area (Å²) in [6.07, 6.45) is 0. The van der Waals surface area contributed by atoms with Gasteiger partial charge in [-0.1, -0.05) is 30.3 Å². The maximum absolute atomic E-state index is 13.4. The first-order chi connectivity index (χ1) is 15.6. The summed E-state index contributed by atoms with van der Waals surface area (Å²) in [5, 5.41) is 18.7. The summed E-state index contributed by atoms with van der Waals surface area (Å²) < 4.78 is 5.24. The van der Waals surface area contributed by atoms with E-state index in [0.29, 0.717) is 34.0 Å². The highest BCUT2D eigenvalue weighted by atomic mass is 16.6. The zero-order valence-electron chi connectivity index (χ0n) is 17.1. The van der Waals surface area contributed by atoms with Gasteiger partial charge in [0.25, 0.3) is 11.6 Å². The average Bonchev–Trinajstić information content (AvgIpc) is 3.38. The van der Waals surface area contributed by atoms with Gasteiger partial charge in [0.1, 0.15) is 11.4 Å². The van der Waals surface area contributed by atoms with Crippen molar-refractivity contribution in [2.24, 2.45) is 0 Å². The smallest absolute Gasteiger partial charge is 0.277 e. The Morgan fingerprint density at radius 1 is 1.03 bits per heavy atom. The topological polar surface area (TPSA) is 101 Å². The van der Waals surface area contributed by atoms with Crippen LogP contribution in [0.1, 0.15) is 27.7 Å². The van der Waals surface area contributed by atoms with E-state index in [9.17, 15) is 14.9 Å². The van der Waals surface area contributed by atoms with Gasteiger partial charge in [0.2, 0.25) is 0 Å². The van der Waals surface area contributed by atoms with Crippen LogP contribution >= 0.6 is 0 Å². The summed E-state index contributed by atoms with van der Waals surface area (Å²) in [4.78, 5) is 26.1. The first-order valence-electron chi connectivity index (χ1n) is 9.94. The van der Waals surface area contributed by atoms with Crippen molar-refractivity contribution < 1.29 is 14.5 Å². The number of nitro benzene ring substituents is 1. The van der Waals surface area contributed by atoms with Crippen molar-refractivity contribution in [3.8, 4) is 17.0 Å². The van der Waals surface area contributed by atoms with Gasteiger partial charge in [-0.3, -0.25) is 24.9 Å². The zero-order valence-corrected chi connectivity index (χ0v) is 17.1. The number of fused-ring (bicyclic) bond motifs is 1. The number of anilines is 1. The van der Waals surface area contributed by atoms with Gasteiger partial charge in [-0.2, -0.15) is 5.10 Å². The molecule has 158 valence electrons. The van der Waals surface area contributed by atoms with Gasteiger partial charge in [0, 0.05) is 28.9 Å². The second-order valence-corrected chi connectivity index (χ2v) is 7.35. The van der Waals surface area contributed by atoms with Gasteiger partial charge < -0.3 is 4.74 Å². The van der Waals surface area contributed by atoms with Crippen molar-refractivity contribution in [2.75, 3.05) is 12.0 Å². The summed E-state index contributed by atoms with van der Waals surface area (Å²) in [6.45, 7) is 0. The Morgan fingerprint density at radius 2 is 1.78 bits per heavy atom. The fourth-order valence-corrected chi connectivity index (χ4v) is 4.09. The van der Waals surface area contributed by atoms with E-state index in [2.05, 4.69) is 10.2 Å². The zero-order chi connectivity index (χ0) is 22.2. The van der Waals surface area contributed by atoms with Gasteiger partial charge in [0.15, 0.2) is 0 Å². The maximum Gasteiger partial charge on any atom is 0.277 e. The van der Waals surface area contributed by atoms with Crippen LogP contribution < -0.4 is 9.64 Å². The molecule has 1 aromatic heterocycles. The van der Waals surface area contributed by atoms with Crippen LogP contribution in [0, 0.1) is 10.1 Å². The van der Waals surface area contributed by atoms with Gasteiger partial charge in [-0.15, -0.1) is 0 Å². The van der Waals surface area contributed by atoms with Crippen LogP contribution in [0.2, 0.25) is 0 Å². The number of ether oxygens (including phenoxy) is 1. The maximum atomic E-state index is 13.4. The third-order valence-corrected chi connectivity index (χ3v) is 5.56. The number of non-ortho nitro benzene ring substituents is 1. The molecular formula is C24H18N4O4. The molecule has 1 atom stereocenters. The van der Waals surface area contributed by atoms with Crippen molar-refractivity contribution in [2.45, 2.75) is 6.04 Å². The molecule has 2 heterocycles. The number of amides is 1. The summed E-state index contributed by atoms with van der Waals surface area (Å²) in [7, 11) is 1.59. The van der Waals surface area contributed by atoms with Gasteiger partial charge in [-0.05, 0) is 42.0 Å². The number of hydrogen-bond donors (Lipinski definition) is 1. The monoisotopic (exact) mass is 426 g/mol. The third-order valence-electron chi connectivity index (χ3n) is 5.56. The first-order valence-corrected chi connectivity index (χ1v) is 9.94. The number of carbonyl (C=O) groups excluding carboxylic acids is 1. The molecule has 0 fully saturated rings. The van der Waals surface area contributed by atoms with Gasteiger partial charge in [0.05, 0.1) is 23.8 Å². The fourth-order valence-electron chi connectivity index (χ4n) is 4.09. The predicted octanol–water partition coefficient (Wildman–Crippen LogP) is 4.74. The molecule has 1 amide bonds. The van der Waals surface area contributed by atoms with Crippen LogP contribution in [0.5, 0.6) is 5.75 Å². The number of benzene rings is 3. The van der Waals surface area contributed by atoms with Gasteiger partial charge >= 0.3 is 0 Å². The lowest BCUT2D eigenvalue weighted by Crippen LogP contribution is -2.29. The number of nitrogens with one attached hydrogen (secondary N) is 1. The molecule has 1 N–H and O–H groups in total. The highest BCUT2D eigenvalue weighted by molar-refractivity contribution is 6.11. The lowest BCUT2D eigenvalue weighted by molar-refractivity contribution is -0.384. The molecule has 1 aliphatic rings. The molecule has 0 bridgehead atoms. The van der Waals surface area contributed by atoms with Crippen LogP contribution in [0.4, 0.5) is 11.4 Å². The SMILES string of the molecule is COc1ccc(-c2n[nH]c3c2C(c2cccc([N+](=O)[O-])c2)N(c2ccccc2)C3=O)cc1. The van der Waals surface area contributed by atoms with Crippen molar-refractivity contribution in [1.82, 2.24) is 10.2 Å². The number of carbonyl (C=O) groups is 1. The molecule has 5 rings (SSSR count). The van der Waals surface area contributed by atoms with Crippen LogP contribution in [-0.2, 0) is 0 Å². The molecule has 0 saturated carbocycles. The molecule has 0 aliphatic carbocycles. The number of rotatable bonds is 5. The van der Waals surface area contributed by atoms with Crippen LogP contribution in [0.15, 0.2) is 78.9 Å². The molecule has 32 heavy (non-hydrogen) atoms. The van der Waals surface area contributed by atoms with E-state index >= 15 is 0 Å². The summed E-state index contributed by atoms with van der Waals surface area (Å²) >= 11 is 0. The Hall–Kier alpha value is -4.46. The van der Waals surface area contributed by atoms with Crippen molar-refractivity contribution in [3.63, 3.8) is 0 Å². The number of nitro groups is 1. The standard InChI is InChI=1S/C24H18N4O4/c1-32-19-12-10-15(11-13-19)21-20-22(26-25-21)24(29)27(17-7-3-2-4-8-17)23(20)16-6-5-9-18(14-16)28(30)31/h2-14,23H,1H3,(H,25,26). The summed E-state index contributed by atoms with van der Waals surface area (Å²) in [5.41, 5.74) is 3.77. The lowest BCUT2D eigenvalue weighted by atomic mass is 9.95. The molecule has 1 unspecified atom stereocenters. The second kappa shape index (κ2) is 7.66. The number of aromatic nitrogens is 2.